The van der Waals surface area contributed by atoms with Gasteiger partial charge in [-0.15, -0.1) is 11.3 Å². The molecule has 1 aliphatic rings. The van der Waals surface area contributed by atoms with E-state index in [9.17, 15) is 18.8 Å². The van der Waals surface area contributed by atoms with Crippen molar-refractivity contribution in [3.63, 3.8) is 0 Å². The number of thiophene rings is 1. The molecule has 2 aromatic rings. The number of carbonyl (C=O) groups excluding carboxylic acids is 3. The summed E-state index contributed by atoms with van der Waals surface area (Å²) in [6.07, 6.45) is 0. The Balaban J connectivity index is 1.84. The number of carbonyl (C=O) groups is 3. The Bertz CT molecular complexity index is 1000. The predicted molar refractivity (Wildman–Crippen MR) is 102 cm³/mol. The van der Waals surface area contributed by atoms with Crippen molar-refractivity contribution in [1.29, 1.82) is 0 Å². The smallest absolute Gasteiger partial charge is 0.350 e. The molecule has 0 spiro atoms. The largest absolute Gasteiger partial charge is 0.463 e. The topological polar surface area (TPSA) is 93.7 Å². The maximum atomic E-state index is 13.4. The second-order valence-electron chi connectivity index (χ2n) is 5.89. The van der Waals surface area contributed by atoms with E-state index in [1.54, 1.807) is 13.8 Å². The van der Waals surface area contributed by atoms with E-state index in [0.717, 1.165) is 11.3 Å². The molecule has 1 aromatic heterocycles. The summed E-state index contributed by atoms with van der Waals surface area (Å²) in [6.45, 7) is 3.07. The number of amides is 2. The molecule has 0 saturated heterocycles. The zero-order valence-corrected chi connectivity index (χ0v) is 16.5. The van der Waals surface area contributed by atoms with Crippen LogP contribution in [-0.4, -0.2) is 37.2 Å². The Morgan fingerprint density at radius 1 is 1.29 bits per heavy atom. The summed E-state index contributed by atoms with van der Waals surface area (Å²) in [6, 6.07) is 2.87. The molecule has 1 unspecified atom stereocenters. The molecule has 1 atom stereocenters. The minimum Gasteiger partial charge on any atom is -0.463 e. The summed E-state index contributed by atoms with van der Waals surface area (Å²) in [5.74, 6) is -1.81. The third-order valence-electron chi connectivity index (χ3n) is 3.99. The molecule has 2 N–H and O–H groups in total. The second-order valence-corrected chi connectivity index (χ2v) is 7.32. The lowest BCUT2D eigenvalue weighted by atomic mass is 10.0. The van der Waals surface area contributed by atoms with E-state index in [4.69, 9.17) is 21.1 Å². The van der Waals surface area contributed by atoms with Gasteiger partial charge in [0.2, 0.25) is 0 Å². The molecule has 0 saturated carbocycles. The van der Waals surface area contributed by atoms with Crippen LogP contribution in [0.2, 0.25) is 5.02 Å². The number of halogens is 2. The van der Waals surface area contributed by atoms with Gasteiger partial charge in [-0.25, -0.2) is 18.8 Å². The molecule has 148 valence electrons. The van der Waals surface area contributed by atoms with Gasteiger partial charge >= 0.3 is 18.0 Å². The number of hydrogen-bond donors (Lipinski definition) is 2. The molecule has 28 heavy (non-hydrogen) atoms. The van der Waals surface area contributed by atoms with Crippen molar-refractivity contribution in [2.45, 2.75) is 19.9 Å². The average Bonchev–Trinajstić information content (AvgIpc) is 2.95. The quantitative estimate of drug-likeness (QED) is 0.715. The van der Waals surface area contributed by atoms with E-state index < -0.39 is 29.8 Å². The molecule has 0 bridgehead atoms. The van der Waals surface area contributed by atoms with Crippen LogP contribution in [0.5, 0.6) is 0 Å². The van der Waals surface area contributed by atoms with Crippen LogP contribution in [0.1, 0.15) is 23.5 Å². The van der Waals surface area contributed by atoms with E-state index >= 15 is 0 Å². The summed E-state index contributed by atoms with van der Waals surface area (Å²) in [5, 5.41) is 5.71. The van der Waals surface area contributed by atoms with Crippen LogP contribution in [0.15, 0.2) is 29.5 Å². The van der Waals surface area contributed by atoms with Crippen molar-refractivity contribution >= 4 is 51.0 Å². The summed E-state index contributed by atoms with van der Waals surface area (Å²) in [7, 11) is 0. The van der Waals surface area contributed by atoms with Gasteiger partial charge in [0, 0.05) is 10.1 Å². The molecule has 1 aromatic carbocycles. The van der Waals surface area contributed by atoms with Crippen molar-refractivity contribution < 1.29 is 28.2 Å². The Labute approximate surface area is 168 Å². The van der Waals surface area contributed by atoms with Crippen molar-refractivity contribution in [3.05, 3.63) is 45.2 Å². The van der Waals surface area contributed by atoms with Gasteiger partial charge < -0.3 is 20.1 Å². The molecule has 2 heterocycles. The van der Waals surface area contributed by atoms with Gasteiger partial charge in [0.05, 0.1) is 28.9 Å². The summed E-state index contributed by atoms with van der Waals surface area (Å²) in [5.41, 5.74) is 0.296. The lowest BCUT2D eigenvalue weighted by molar-refractivity contribution is -0.139. The molecule has 0 radical (unpaired) electrons. The molecule has 10 heteroatoms. The van der Waals surface area contributed by atoms with Crippen LogP contribution in [0.3, 0.4) is 0 Å². The molecule has 0 fully saturated rings. The highest BCUT2D eigenvalue weighted by Gasteiger charge is 2.30. The highest BCUT2D eigenvalue weighted by Crippen LogP contribution is 2.36. The lowest BCUT2D eigenvalue weighted by Gasteiger charge is -2.26. The Morgan fingerprint density at radius 2 is 2.04 bits per heavy atom. The standard InChI is InChI=1S/C18H16ClFN2O5S/c1-3-26-16(23)13-8(2)21-18(25)22-11(13)7-27-17(24)15-14(19)10-5-4-9(20)6-12(10)28-15/h4-6,8H,3,7H2,1-2H3,(H2,21,22,25). The van der Waals surface area contributed by atoms with Crippen molar-refractivity contribution in [2.75, 3.05) is 13.2 Å². The first-order valence-electron chi connectivity index (χ1n) is 8.34. The van der Waals surface area contributed by atoms with Gasteiger partial charge in [-0.05, 0) is 32.0 Å². The van der Waals surface area contributed by atoms with Crippen molar-refractivity contribution in [1.82, 2.24) is 10.6 Å². The van der Waals surface area contributed by atoms with Gasteiger partial charge in [-0.2, -0.15) is 0 Å². The van der Waals surface area contributed by atoms with Crippen LogP contribution in [0.4, 0.5) is 9.18 Å². The number of hydrogen-bond acceptors (Lipinski definition) is 6. The lowest BCUT2D eigenvalue weighted by Crippen LogP contribution is -2.50. The Kier molecular flexibility index (Phi) is 5.85. The van der Waals surface area contributed by atoms with E-state index in [0.29, 0.717) is 10.1 Å². The number of fused-ring (bicyclic) bond motifs is 1. The second kappa shape index (κ2) is 8.15. The SMILES string of the molecule is CCOC(=O)C1=C(COC(=O)c2sc3cc(F)ccc3c2Cl)NC(=O)NC1C. The maximum Gasteiger partial charge on any atom is 0.350 e. The minimum absolute atomic E-state index is 0.105. The van der Waals surface area contributed by atoms with E-state index in [2.05, 4.69) is 10.6 Å². The van der Waals surface area contributed by atoms with Crippen LogP contribution >= 0.6 is 22.9 Å². The summed E-state index contributed by atoms with van der Waals surface area (Å²) >= 11 is 7.21. The van der Waals surface area contributed by atoms with Gasteiger partial charge in [0.25, 0.3) is 0 Å². The van der Waals surface area contributed by atoms with Gasteiger partial charge in [0.1, 0.15) is 17.3 Å². The van der Waals surface area contributed by atoms with Gasteiger partial charge in [-0.1, -0.05) is 11.6 Å². The molecule has 0 aliphatic carbocycles. The first-order chi connectivity index (χ1) is 13.3. The Morgan fingerprint density at radius 3 is 2.75 bits per heavy atom. The number of rotatable bonds is 5. The number of nitrogens with one attached hydrogen (secondary N) is 2. The van der Waals surface area contributed by atoms with Crippen molar-refractivity contribution in [3.8, 4) is 0 Å². The van der Waals surface area contributed by atoms with Crippen molar-refractivity contribution in [2.24, 2.45) is 0 Å². The summed E-state index contributed by atoms with van der Waals surface area (Å²) in [4.78, 5) is 36.5. The molecule has 1 aliphatic heterocycles. The molecule has 7 nitrogen and oxygen atoms in total. The van der Waals surface area contributed by atoms with E-state index in [1.807, 2.05) is 0 Å². The van der Waals surface area contributed by atoms with Gasteiger partial charge in [0.15, 0.2) is 0 Å². The van der Waals surface area contributed by atoms with E-state index in [1.165, 1.54) is 18.2 Å². The normalized spacial score (nSPS) is 16.6. The minimum atomic E-state index is -0.747. The van der Waals surface area contributed by atoms with Crippen LogP contribution in [0.25, 0.3) is 10.1 Å². The zero-order valence-electron chi connectivity index (χ0n) is 14.9. The number of ether oxygens (including phenoxy) is 2. The molecular formula is C18H16ClFN2O5S. The van der Waals surface area contributed by atoms with Crippen LogP contribution in [0, 0.1) is 5.82 Å². The fourth-order valence-electron chi connectivity index (χ4n) is 2.77. The monoisotopic (exact) mass is 426 g/mol. The highest BCUT2D eigenvalue weighted by molar-refractivity contribution is 7.21. The predicted octanol–water partition coefficient (Wildman–Crippen LogP) is 3.37. The average molecular weight is 427 g/mol. The number of urea groups is 1. The maximum absolute atomic E-state index is 13.4. The third kappa shape index (κ3) is 3.95. The number of esters is 2. The zero-order chi connectivity index (χ0) is 20.4. The van der Waals surface area contributed by atoms with Crippen LogP contribution < -0.4 is 10.6 Å². The molecule has 3 rings (SSSR count). The molecule has 2 amide bonds. The first-order valence-corrected chi connectivity index (χ1v) is 9.53. The highest BCUT2D eigenvalue weighted by atomic mass is 35.5. The fourth-order valence-corrected chi connectivity index (χ4v) is 4.19. The van der Waals surface area contributed by atoms with Gasteiger partial charge in [-0.3, -0.25) is 0 Å². The molecular weight excluding hydrogens is 411 g/mol. The summed E-state index contributed by atoms with van der Waals surface area (Å²) < 4.78 is 24.1. The number of benzene rings is 1. The Hall–Kier alpha value is -2.65. The van der Waals surface area contributed by atoms with Crippen LogP contribution in [-0.2, 0) is 14.3 Å². The first kappa shape index (κ1) is 20.1. The third-order valence-corrected chi connectivity index (χ3v) is 5.63. The fraction of sp³-hybridized carbons (Fsp3) is 0.278. The van der Waals surface area contributed by atoms with E-state index in [-0.39, 0.29) is 34.4 Å².